The van der Waals surface area contributed by atoms with E-state index >= 15 is 0 Å². The van der Waals surface area contributed by atoms with Crippen LogP contribution in [0.3, 0.4) is 0 Å². The average molecular weight is 1040 g/mol. The molecule has 0 spiro atoms. The first-order valence-electron chi connectivity index (χ1n) is 21.7. The number of ether oxygens (including phenoxy) is 1. The molecule has 2 aromatic rings. The molecule has 29 heteroatoms. The Morgan fingerprint density at radius 2 is 1.62 bits per heavy atom. The van der Waals surface area contributed by atoms with Crippen molar-refractivity contribution < 1.29 is 85.3 Å². The number of fused-ring (bicyclic) bond motifs is 1. The molecule has 2 aromatic heterocycles. The molecule has 1 fully saturated rings. The first kappa shape index (κ1) is 59.0. The lowest BCUT2D eigenvalue weighted by Gasteiger charge is -2.36. The van der Waals surface area contributed by atoms with Crippen LogP contribution in [0.1, 0.15) is 104 Å². The van der Waals surface area contributed by atoms with E-state index in [2.05, 4.69) is 74.7 Å². The van der Waals surface area contributed by atoms with Crippen molar-refractivity contribution in [2.24, 2.45) is 5.41 Å². The highest BCUT2D eigenvalue weighted by Crippen LogP contribution is 2.56. The van der Waals surface area contributed by atoms with Gasteiger partial charge in [0.05, 0.1) is 33.8 Å². The number of nitrogens with one attached hydrogen (secondary N) is 2. The van der Waals surface area contributed by atoms with E-state index in [0.717, 1.165) is 61.1 Å². The largest absolute Gasteiger partial charge is 0.790 e. The topological polar surface area (TPSA) is 392 Å². The molecule has 1 aliphatic heterocycles. The molecular formula is C39H60N7O18P3S-4. The molecule has 0 bridgehead atoms. The Kier molecular flexibility index (Phi) is 24.8. The van der Waals surface area contributed by atoms with Gasteiger partial charge in [0, 0.05) is 37.1 Å². The van der Waals surface area contributed by atoms with E-state index in [0.29, 0.717) is 12.8 Å². The number of unbranched alkanes of at least 4 members (excludes halogenated alkanes) is 6. The number of imidazole rings is 1. The Bertz CT molecular complexity index is 2180. The van der Waals surface area contributed by atoms with Gasteiger partial charge >= 0.3 is 0 Å². The van der Waals surface area contributed by atoms with Crippen molar-refractivity contribution in [1.82, 2.24) is 30.2 Å². The van der Waals surface area contributed by atoms with E-state index < -0.39 is 84.6 Å². The number of aliphatic hydroxyl groups is 2. The van der Waals surface area contributed by atoms with Gasteiger partial charge in [-0.05, 0) is 38.5 Å². The summed E-state index contributed by atoms with van der Waals surface area (Å²) in [6.07, 6.45) is 10.3. The fourth-order valence-corrected chi connectivity index (χ4v) is 9.78. The number of nitrogens with zero attached hydrogens (tertiary/aromatic N) is 4. The summed E-state index contributed by atoms with van der Waals surface area (Å²) in [5.74, 6) is -1.56. The number of carbonyl (C=O) groups excluding carboxylic acids is 4. The van der Waals surface area contributed by atoms with E-state index in [1.807, 2.05) is 0 Å². The number of hydrogen-bond donors (Lipinski definition) is 5. The van der Waals surface area contributed by atoms with Crippen LogP contribution in [0.2, 0.25) is 0 Å². The number of allylic oxidation sites excluding steroid dienone is 4. The van der Waals surface area contributed by atoms with Crippen LogP contribution in [-0.2, 0) is 55.5 Å². The zero-order valence-electron chi connectivity index (χ0n) is 37.9. The van der Waals surface area contributed by atoms with Gasteiger partial charge in [-0.15, -0.1) is 0 Å². The SMILES string of the molecule is CCCCC/C=C\C/C=C\CCCCCC(=O)CC(=O)SCCNC(=O)CCNC(=O)[C@H](O)C(C)(C)COP(=O)([O-])OP(=O)([O-])OC[C@H]1O[C@@H](n2cnc3c(N)ncnc32)[C@H](O)[C@@H]1OP(=O)([O-])[O-]. The van der Waals surface area contributed by atoms with Gasteiger partial charge in [-0.2, -0.15) is 0 Å². The Hall–Kier alpha value is -3.29. The molecule has 2 amide bonds. The number of Topliss-reactive ketones (excluding diaryl/α,β-unsaturated/α-hetero) is 1. The van der Waals surface area contributed by atoms with Crippen molar-refractivity contribution in [2.45, 2.75) is 128 Å². The normalized spacial score (nSPS) is 20.1. The minimum absolute atomic E-state index is 0.0272. The minimum Gasteiger partial charge on any atom is -0.790 e. The molecule has 6 N–H and O–H groups in total. The fourth-order valence-electron chi connectivity index (χ4n) is 6.35. The summed E-state index contributed by atoms with van der Waals surface area (Å²) < 4.78 is 60.7. The first-order chi connectivity index (χ1) is 31.9. The monoisotopic (exact) mass is 1040 g/mol. The van der Waals surface area contributed by atoms with Gasteiger partial charge in [-0.25, -0.2) is 19.3 Å². The Morgan fingerprint density at radius 1 is 0.941 bits per heavy atom. The number of aliphatic hydroxyl groups excluding tert-OH is 2. The summed E-state index contributed by atoms with van der Waals surface area (Å²) in [5, 5.41) is 26.0. The highest BCUT2D eigenvalue weighted by atomic mass is 32.2. The van der Waals surface area contributed by atoms with Crippen LogP contribution < -0.4 is 35.9 Å². The van der Waals surface area contributed by atoms with Gasteiger partial charge < -0.3 is 69.0 Å². The number of aromatic nitrogens is 4. The number of nitrogens with two attached hydrogens (primary N) is 1. The van der Waals surface area contributed by atoms with Gasteiger partial charge in [0.15, 0.2) is 22.8 Å². The number of rotatable bonds is 33. The summed E-state index contributed by atoms with van der Waals surface area (Å²) in [6.45, 7) is 2.10. The number of thioether (sulfide) groups is 1. The van der Waals surface area contributed by atoms with Gasteiger partial charge in [0.2, 0.25) is 11.8 Å². The van der Waals surface area contributed by atoms with Crippen molar-refractivity contribution >= 4 is 74.9 Å². The number of nitrogen functional groups attached to an aromatic ring is 1. The Balaban J connectivity index is 1.32. The molecule has 3 heterocycles. The summed E-state index contributed by atoms with van der Waals surface area (Å²) in [6, 6.07) is 0. The zero-order chi connectivity index (χ0) is 50.5. The molecule has 25 nitrogen and oxygen atoms in total. The molecule has 384 valence electrons. The molecule has 68 heavy (non-hydrogen) atoms. The van der Waals surface area contributed by atoms with Crippen LogP contribution in [0.4, 0.5) is 5.82 Å². The number of carbonyl (C=O) groups is 4. The van der Waals surface area contributed by atoms with E-state index in [-0.39, 0.29) is 59.6 Å². The van der Waals surface area contributed by atoms with Crippen LogP contribution >= 0.6 is 35.2 Å². The number of phosphoric ester groups is 3. The number of ketones is 1. The molecule has 0 aromatic carbocycles. The third-order valence-electron chi connectivity index (χ3n) is 9.99. The van der Waals surface area contributed by atoms with Gasteiger partial charge in [-0.3, -0.25) is 32.9 Å². The third kappa shape index (κ3) is 21.4. The fraction of sp³-hybridized carbons (Fsp3) is 0.667. The zero-order valence-corrected chi connectivity index (χ0v) is 41.4. The summed E-state index contributed by atoms with van der Waals surface area (Å²) in [4.78, 5) is 109. The highest BCUT2D eigenvalue weighted by Gasteiger charge is 2.47. The Labute approximate surface area is 397 Å². The lowest BCUT2D eigenvalue weighted by Crippen LogP contribution is -2.46. The number of anilines is 1. The van der Waals surface area contributed by atoms with Crippen LogP contribution in [-0.4, -0.2) is 109 Å². The van der Waals surface area contributed by atoms with Crippen molar-refractivity contribution in [3.05, 3.63) is 37.0 Å². The third-order valence-corrected chi connectivity index (χ3v) is 13.9. The maximum Gasteiger partial charge on any atom is 0.274 e. The lowest BCUT2D eigenvalue weighted by atomic mass is 9.87. The molecule has 1 aliphatic rings. The van der Waals surface area contributed by atoms with Crippen molar-refractivity contribution in [2.75, 3.05) is 37.8 Å². The summed E-state index contributed by atoms with van der Waals surface area (Å²) in [5.41, 5.74) is 4.04. The van der Waals surface area contributed by atoms with Crippen LogP contribution in [0.5, 0.6) is 0 Å². The summed E-state index contributed by atoms with van der Waals surface area (Å²) >= 11 is 0.913. The van der Waals surface area contributed by atoms with Crippen LogP contribution in [0.25, 0.3) is 11.2 Å². The molecule has 0 radical (unpaired) electrons. The second-order valence-electron chi connectivity index (χ2n) is 16.2. The molecular weight excluding hydrogens is 979 g/mol. The van der Waals surface area contributed by atoms with Crippen molar-refractivity contribution in [1.29, 1.82) is 0 Å². The quantitative estimate of drug-likeness (QED) is 0.0289. The lowest BCUT2D eigenvalue weighted by molar-refractivity contribution is -0.347. The standard InChI is InChI=1S/C39H64N7O18P3S/c1-4-5-6-7-8-9-10-11-12-13-14-15-16-17-27(47)22-30(49)68-21-20-41-29(48)18-19-42-37(52)34(51)39(2,3)24-61-67(58,59)64-66(56,57)60-23-28-33(63-65(53,54)55)32(50)38(62-28)46-26-45-31-35(40)43-25-44-36(31)46/h8-9,11-12,25-26,28,32-34,38,50-51H,4-7,10,13-24H2,1-3H3,(H,41,48)(H,42,52)(H,56,57)(H,58,59)(H2,40,43,44)(H2,53,54,55)/p-4/b9-8-,12-11-/t28-,32-,33-,34+,38-/m1/s1. The molecule has 0 saturated carbocycles. The maximum atomic E-state index is 12.6. The highest BCUT2D eigenvalue weighted by molar-refractivity contribution is 8.13. The summed E-state index contributed by atoms with van der Waals surface area (Å²) in [7, 11) is -17.7. The second-order valence-corrected chi connectivity index (χ2v) is 21.4. The average Bonchev–Trinajstić information content (AvgIpc) is 3.82. The van der Waals surface area contributed by atoms with Crippen molar-refractivity contribution in [3.8, 4) is 0 Å². The first-order valence-corrected chi connectivity index (χ1v) is 27.1. The molecule has 2 unspecified atom stereocenters. The van der Waals surface area contributed by atoms with Gasteiger partial charge in [-0.1, -0.05) is 76.1 Å². The number of phosphoric acid groups is 3. The molecule has 1 saturated heterocycles. The van der Waals surface area contributed by atoms with E-state index in [9.17, 15) is 62.7 Å². The molecule has 3 rings (SSSR count). The molecule has 0 aliphatic carbocycles. The van der Waals surface area contributed by atoms with Crippen molar-refractivity contribution in [3.63, 3.8) is 0 Å². The number of hydrogen-bond acceptors (Lipinski definition) is 23. The predicted octanol–water partition coefficient (Wildman–Crippen LogP) is 1.13. The smallest absolute Gasteiger partial charge is 0.274 e. The molecule has 7 atom stereocenters. The van der Waals surface area contributed by atoms with Crippen LogP contribution in [0.15, 0.2) is 37.0 Å². The minimum atomic E-state index is -5.94. The van der Waals surface area contributed by atoms with E-state index in [1.54, 1.807) is 0 Å². The van der Waals surface area contributed by atoms with E-state index in [4.69, 9.17) is 10.5 Å². The predicted molar refractivity (Wildman–Crippen MR) is 238 cm³/mol. The second kappa shape index (κ2) is 28.5. The van der Waals surface area contributed by atoms with Crippen LogP contribution in [0, 0.1) is 5.41 Å². The van der Waals surface area contributed by atoms with E-state index in [1.165, 1.54) is 33.1 Å². The maximum absolute atomic E-state index is 12.6. The number of amides is 2. The van der Waals surface area contributed by atoms with Gasteiger partial charge in [0.25, 0.3) is 15.6 Å². The Morgan fingerprint density at radius 3 is 2.29 bits per heavy atom. The van der Waals surface area contributed by atoms with Gasteiger partial charge in [0.1, 0.15) is 42.0 Å².